The first-order chi connectivity index (χ1) is 11.2. The van der Waals surface area contributed by atoms with Gasteiger partial charge < -0.3 is 10.4 Å². The molecule has 1 aliphatic heterocycles. The lowest BCUT2D eigenvalue weighted by Crippen LogP contribution is -2.30. The van der Waals surface area contributed by atoms with Crippen molar-refractivity contribution in [3.8, 4) is 0 Å². The number of aromatic amines is 1. The summed E-state index contributed by atoms with van der Waals surface area (Å²) in [7, 11) is 0. The molecule has 3 rings (SSSR count). The minimum Gasteiger partial charge on any atom is -0.478 e. The largest absolute Gasteiger partial charge is 0.478 e. The van der Waals surface area contributed by atoms with E-state index in [4.69, 9.17) is 0 Å². The molecule has 0 saturated heterocycles. The minimum absolute atomic E-state index is 0.170. The summed E-state index contributed by atoms with van der Waals surface area (Å²) in [4.78, 5) is 23.2. The Kier molecular flexibility index (Phi) is 3.51. The number of fused-ring (bicyclic) bond motifs is 1. The second-order valence-electron chi connectivity index (χ2n) is 5.33. The summed E-state index contributed by atoms with van der Waals surface area (Å²) in [5.41, 5.74) is -1.86. The average molecular weight is 339 g/mol. The van der Waals surface area contributed by atoms with Gasteiger partial charge in [-0.15, -0.1) is 0 Å². The van der Waals surface area contributed by atoms with Crippen molar-refractivity contribution in [3.05, 3.63) is 63.1 Å². The maximum absolute atomic E-state index is 13.3. The summed E-state index contributed by atoms with van der Waals surface area (Å²) in [6.07, 6.45) is -4.66. The van der Waals surface area contributed by atoms with E-state index in [-0.39, 0.29) is 22.7 Å². The van der Waals surface area contributed by atoms with Crippen LogP contribution in [0.5, 0.6) is 0 Å². The zero-order valence-corrected chi connectivity index (χ0v) is 12.3. The van der Waals surface area contributed by atoms with Crippen molar-refractivity contribution in [2.75, 3.05) is 5.32 Å². The summed E-state index contributed by atoms with van der Waals surface area (Å²) in [6.45, 7) is 1.44. The van der Waals surface area contributed by atoms with Gasteiger partial charge in [0.15, 0.2) is 0 Å². The Hall–Kier alpha value is -2.97. The Morgan fingerprint density at radius 3 is 2.58 bits per heavy atom. The number of allylic oxidation sites excluding steroid dienone is 1. The lowest BCUT2D eigenvalue weighted by Gasteiger charge is -2.30. The van der Waals surface area contributed by atoms with Crippen LogP contribution in [0, 0.1) is 0 Å². The Labute approximate surface area is 133 Å². The van der Waals surface area contributed by atoms with Gasteiger partial charge in [0, 0.05) is 11.8 Å². The highest BCUT2D eigenvalue weighted by atomic mass is 19.4. The Morgan fingerprint density at radius 1 is 1.29 bits per heavy atom. The highest BCUT2D eigenvalue weighted by molar-refractivity contribution is 5.91. The zero-order chi connectivity index (χ0) is 17.6. The minimum atomic E-state index is -4.66. The Bertz CT molecular complexity index is 908. The summed E-state index contributed by atoms with van der Waals surface area (Å²) < 4.78 is 41.1. The highest BCUT2D eigenvalue weighted by Crippen LogP contribution is 2.41. The molecule has 0 aliphatic carbocycles. The molecule has 24 heavy (non-hydrogen) atoms. The van der Waals surface area contributed by atoms with Crippen LogP contribution >= 0.6 is 0 Å². The third kappa shape index (κ3) is 2.47. The van der Waals surface area contributed by atoms with Crippen molar-refractivity contribution >= 4 is 11.8 Å². The van der Waals surface area contributed by atoms with E-state index in [0.717, 1.165) is 16.8 Å². The molecule has 3 N–H and O–H groups in total. The van der Waals surface area contributed by atoms with Gasteiger partial charge >= 0.3 is 12.1 Å². The van der Waals surface area contributed by atoms with Crippen molar-refractivity contribution in [1.82, 2.24) is 9.78 Å². The number of hydrogen-bond donors (Lipinski definition) is 3. The number of nitrogens with zero attached hydrogens (tertiary/aromatic N) is 1. The van der Waals surface area contributed by atoms with E-state index in [0.29, 0.717) is 0 Å². The normalized spacial score (nSPS) is 17.4. The van der Waals surface area contributed by atoms with E-state index in [1.54, 1.807) is 0 Å². The number of carboxylic acid groups (broad SMARTS) is 1. The zero-order valence-electron chi connectivity index (χ0n) is 12.3. The molecule has 2 aromatic rings. The summed E-state index contributed by atoms with van der Waals surface area (Å²) in [5, 5.41) is 14.6. The molecule has 6 nitrogen and oxygen atoms in total. The second-order valence-corrected chi connectivity index (χ2v) is 5.33. The van der Waals surface area contributed by atoms with E-state index in [9.17, 15) is 27.9 Å². The molecule has 1 aliphatic rings. The molecule has 0 bridgehead atoms. The van der Waals surface area contributed by atoms with Crippen molar-refractivity contribution in [1.29, 1.82) is 0 Å². The van der Waals surface area contributed by atoms with Gasteiger partial charge in [-0.05, 0) is 18.6 Å². The van der Waals surface area contributed by atoms with Crippen LogP contribution < -0.4 is 10.9 Å². The number of anilines is 1. The maximum atomic E-state index is 13.3. The van der Waals surface area contributed by atoms with Crippen LogP contribution in [0.1, 0.15) is 24.1 Å². The van der Waals surface area contributed by atoms with Crippen LogP contribution in [0.4, 0.5) is 19.0 Å². The second kappa shape index (κ2) is 5.29. The van der Waals surface area contributed by atoms with Gasteiger partial charge in [0.2, 0.25) is 0 Å². The van der Waals surface area contributed by atoms with E-state index in [1.807, 2.05) is 0 Å². The van der Waals surface area contributed by atoms with Crippen LogP contribution in [-0.2, 0) is 11.0 Å². The fourth-order valence-electron chi connectivity index (χ4n) is 2.86. The summed E-state index contributed by atoms with van der Waals surface area (Å²) in [5.74, 6) is -1.17. The van der Waals surface area contributed by atoms with E-state index < -0.39 is 29.3 Å². The third-order valence-corrected chi connectivity index (χ3v) is 3.80. The predicted octanol–water partition coefficient (Wildman–Crippen LogP) is 2.57. The fourth-order valence-corrected chi connectivity index (χ4v) is 2.86. The first-order valence-electron chi connectivity index (χ1n) is 6.89. The van der Waals surface area contributed by atoms with E-state index in [2.05, 4.69) is 10.4 Å². The van der Waals surface area contributed by atoms with Crippen molar-refractivity contribution in [2.24, 2.45) is 0 Å². The number of hydrogen-bond acceptors (Lipinski definition) is 3. The number of nitrogens with one attached hydrogen (secondary N) is 2. The topological polar surface area (TPSA) is 87.1 Å². The van der Waals surface area contributed by atoms with Gasteiger partial charge in [-0.2, -0.15) is 13.2 Å². The average Bonchev–Trinajstić information content (AvgIpc) is 2.84. The molecule has 1 unspecified atom stereocenters. The molecule has 1 aromatic heterocycles. The number of benzene rings is 1. The predicted molar refractivity (Wildman–Crippen MR) is 78.6 cm³/mol. The molecule has 0 spiro atoms. The van der Waals surface area contributed by atoms with Crippen LogP contribution in [-0.4, -0.2) is 20.9 Å². The number of carboxylic acids is 1. The van der Waals surface area contributed by atoms with Gasteiger partial charge in [0.1, 0.15) is 11.9 Å². The third-order valence-electron chi connectivity index (χ3n) is 3.80. The molecule has 0 saturated carbocycles. The lowest BCUT2D eigenvalue weighted by molar-refractivity contribution is -0.139. The molecule has 1 aromatic carbocycles. The number of H-pyrrole nitrogens is 1. The number of rotatable bonds is 2. The van der Waals surface area contributed by atoms with E-state index in [1.165, 1.54) is 25.1 Å². The van der Waals surface area contributed by atoms with Crippen LogP contribution in [0.15, 0.2) is 46.4 Å². The Balaban J connectivity index is 2.32. The molecule has 1 atom stereocenters. The van der Waals surface area contributed by atoms with Gasteiger partial charge in [-0.3, -0.25) is 14.6 Å². The van der Waals surface area contributed by atoms with Gasteiger partial charge in [0.25, 0.3) is 5.56 Å². The number of halogens is 3. The van der Waals surface area contributed by atoms with Gasteiger partial charge in [-0.1, -0.05) is 18.2 Å². The monoisotopic (exact) mass is 339 g/mol. The van der Waals surface area contributed by atoms with Gasteiger partial charge in [-0.25, -0.2) is 4.79 Å². The molecule has 0 fully saturated rings. The lowest BCUT2D eigenvalue weighted by atomic mass is 9.92. The number of aliphatic carboxylic acids is 1. The standard InChI is InChI=1S/C15H12F3N3O3/c1-7-12(14(23)24)13(21-10(19-7)6-11(22)20-21)8-4-2-3-5-9(8)15(16,17)18/h2-6,13,19H,1H3,(H,20,22)(H,23,24). The van der Waals surface area contributed by atoms with Crippen molar-refractivity contribution < 1.29 is 23.1 Å². The molecular weight excluding hydrogens is 327 g/mol. The maximum Gasteiger partial charge on any atom is 0.416 e. The highest BCUT2D eigenvalue weighted by Gasteiger charge is 2.40. The van der Waals surface area contributed by atoms with Crippen molar-refractivity contribution in [3.63, 3.8) is 0 Å². The molecule has 126 valence electrons. The van der Waals surface area contributed by atoms with E-state index >= 15 is 0 Å². The number of alkyl halides is 3. The Morgan fingerprint density at radius 2 is 1.96 bits per heavy atom. The van der Waals surface area contributed by atoms with Crippen LogP contribution in [0.3, 0.4) is 0 Å². The molecule has 2 heterocycles. The molecule has 9 heteroatoms. The molecule has 0 amide bonds. The first-order valence-corrected chi connectivity index (χ1v) is 6.89. The smallest absolute Gasteiger partial charge is 0.416 e. The summed E-state index contributed by atoms with van der Waals surface area (Å²) in [6, 6.07) is 4.56. The van der Waals surface area contributed by atoms with Crippen LogP contribution in [0.2, 0.25) is 0 Å². The number of carbonyl (C=O) groups is 1. The van der Waals surface area contributed by atoms with Crippen LogP contribution in [0.25, 0.3) is 0 Å². The molecular formula is C15H12F3N3O3. The SMILES string of the molecule is CC1=C(C(=O)O)C(c2ccccc2C(F)(F)F)n2[nH]c(=O)cc2N1. The summed E-state index contributed by atoms with van der Waals surface area (Å²) >= 11 is 0. The fraction of sp³-hybridized carbons (Fsp3) is 0.200. The quantitative estimate of drug-likeness (QED) is 0.785. The van der Waals surface area contributed by atoms with Gasteiger partial charge in [0.05, 0.1) is 11.1 Å². The number of aromatic nitrogens is 2. The first kappa shape index (κ1) is 15.9. The molecule has 0 radical (unpaired) electrons. The van der Waals surface area contributed by atoms with Crippen molar-refractivity contribution in [2.45, 2.75) is 19.1 Å².